The molecule has 0 bridgehead atoms. The molecule has 0 saturated carbocycles. The van der Waals surface area contributed by atoms with Gasteiger partial charge in [0.25, 0.3) is 0 Å². The van der Waals surface area contributed by atoms with E-state index >= 15 is 0 Å². The second-order valence-electron chi connectivity index (χ2n) is 21.0. The molecule has 0 heterocycles. The van der Waals surface area contributed by atoms with E-state index in [1.165, 1.54) is 193 Å². The van der Waals surface area contributed by atoms with Crippen LogP contribution < -0.4 is 0 Å². The first kappa shape index (κ1) is 69.8. The van der Waals surface area contributed by atoms with Crippen molar-refractivity contribution in [3.8, 4) is 0 Å². The average molecular weight is 1020 g/mol. The Balaban J connectivity index is 4.28. The first-order valence-corrected chi connectivity index (χ1v) is 31.4. The lowest BCUT2D eigenvalue weighted by atomic mass is 10.0. The van der Waals surface area contributed by atoms with Crippen molar-refractivity contribution in [2.24, 2.45) is 0 Å². The molecule has 0 saturated heterocycles. The Hall–Kier alpha value is -3.15. The fourth-order valence-corrected chi connectivity index (χ4v) is 8.87. The van der Waals surface area contributed by atoms with E-state index in [-0.39, 0.29) is 31.1 Å². The zero-order valence-electron chi connectivity index (χ0n) is 48.4. The van der Waals surface area contributed by atoms with Crippen LogP contribution >= 0.6 is 0 Å². The van der Waals surface area contributed by atoms with E-state index in [2.05, 4.69) is 93.7 Å². The molecule has 0 spiro atoms. The van der Waals surface area contributed by atoms with E-state index in [9.17, 15) is 14.4 Å². The summed E-state index contributed by atoms with van der Waals surface area (Å²) >= 11 is 0. The van der Waals surface area contributed by atoms with Crippen LogP contribution in [0.4, 0.5) is 0 Å². The molecule has 0 fully saturated rings. The Morgan fingerprint density at radius 3 is 0.849 bits per heavy atom. The third-order valence-electron chi connectivity index (χ3n) is 13.7. The standard InChI is InChI=1S/C67H118O6/c1-4-7-10-13-16-19-22-24-26-28-30-31-32-33-34-35-37-38-40-42-45-48-51-54-57-60-66(69)72-63-64(62-71-65(68)59-56-53-50-47-44-21-18-15-12-9-6-3)73-67(70)61-58-55-52-49-46-43-41-39-36-29-27-25-23-20-17-14-11-8-5-2/h15,17-18,20,22,24-25,27-28,30,32-33,64H,4-14,16,19,21,23,26,29,31,34-63H2,1-3H3/b18-15-,20-17-,24-22-,27-25-,30-28-,33-32-. The molecule has 0 radical (unpaired) electrons. The van der Waals surface area contributed by atoms with Crippen molar-refractivity contribution in [2.75, 3.05) is 13.2 Å². The summed E-state index contributed by atoms with van der Waals surface area (Å²) in [5, 5.41) is 0. The number of hydrogen-bond donors (Lipinski definition) is 0. The summed E-state index contributed by atoms with van der Waals surface area (Å²) in [4.78, 5) is 38.2. The highest BCUT2D eigenvalue weighted by molar-refractivity contribution is 5.71. The maximum atomic E-state index is 12.9. The minimum Gasteiger partial charge on any atom is -0.462 e. The molecule has 0 aromatic carbocycles. The summed E-state index contributed by atoms with van der Waals surface area (Å²) in [6.07, 6.45) is 79.0. The van der Waals surface area contributed by atoms with Gasteiger partial charge in [0.2, 0.25) is 0 Å². The summed E-state index contributed by atoms with van der Waals surface area (Å²) in [6, 6.07) is 0. The molecule has 6 nitrogen and oxygen atoms in total. The van der Waals surface area contributed by atoms with E-state index in [0.717, 1.165) is 83.5 Å². The van der Waals surface area contributed by atoms with Crippen LogP contribution in [0.2, 0.25) is 0 Å². The van der Waals surface area contributed by atoms with E-state index in [1.807, 2.05) is 0 Å². The lowest BCUT2D eigenvalue weighted by Crippen LogP contribution is -2.30. The summed E-state index contributed by atoms with van der Waals surface area (Å²) < 4.78 is 16.9. The second kappa shape index (κ2) is 61.4. The molecule has 6 heteroatoms. The number of esters is 3. The molecule has 422 valence electrons. The minimum absolute atomic E-state index is 0.0807. The highest BCUT2D eigenvalue weighted by Crippen LogP contribution is 2.16. The van der Waals surface area contributed by atoms with Crippen LogP contribution in [0, 0.1) is 0 Å². The number of ether oxygens (including phenoxy) is 3. The van der Waals surface area contributed by atoms with Crippen LogP contribution in [0.1, 0.15) is 316 Å². The number of carbonyl (C=O) groups is 3. The lowest BCUT2D eigenvalue weighted by Gasteiger charge is -2.18. The molecule has 0 N–H and O–H groups in total. The van der Waals surface area contributed by atoms with Crippen molar-refractivity contribution in [1.82, 2.24) is 0 Å². The topological polar surface area (TPSA) is 78.9 Å². The minimum atomic E-state index is -0.783. The number of rotatable bonds is 57. The SMILES string of the molecule is CCCC/C=C\CCCCCCCC(=O)OCC(COC(=O)CCCCCCCCCCCC/C=C\C/C=C\C/C=C\CCCCCCC)OC(=O)CCCCCCCCCCC/C=C\C/C=C\CCCCC. The fraction of sp³-hybridized carbons (Fsp3) is 0.776. The van der Waals surface area contributed by atoms with Gasteiger partial charge in [-0.25, -0.2) is 0 Å². The van der Waals surface area contributed by atoms with Gasteiger partial charge in [-0.3, -0.25) is 14.4 Å². The summed E-state index contributed by atoms with van der Waals surface area (Å²) in [5.41, 5.74) is 0. The predicted molar refractivity (Wildman–Crippen MR) is 316 cm³/mol. The Labute approximate surface area is 453 Å². The highest BCUT2D eigenvalue weighted by atomic mass is 16.6. The Bertz CT molecular complexity index is 1360. The van der Waals surface area contributed by atoms with Crippen LogP contribution in [-0.2, 0) is 28.6 Å². The van der Waals surface area contributed by atoms with Crippen LogP contribution in [0.25, 0.3) is 0 Å². The van der Waals surface area contributed by atoms with E-state index in [1.54, 1.807) is 0 Å². The zero-order chi connectivity index (χ0) is 52.9. The summed E-state index contributed by atoms with van der Waals surface area (Å²) in [5.74, 6) is -0.887. The fourth-order valence-electron chi connectivity index (χ4n) is 8.87. The van der Waals surface area contributed by atoms with Gasteiger partial charge in [0.15, 0.2) is 6.10 Å². The molecule has 0 amide bonds. The van der Waals surface area contributed by atoms with E-state index in [4.69, 9.17) is 14.2 Å². The molecule has 73 heavy (non-hydrogen) atoms. The van der Waals surface area contributed by atoms with Crippen LogP contribution in [0.3, 0.4) is 0 Å². The lowest BCUT2D eigenvalue weighted by molar-refractivity contribution is -0.167. The van der Waals surface area contributed by atoms with Gasteiger partial charge in [0.05, 0.1) is 0 Å². The summed E-state index contributed by atoms with van der Waals surface area (Å²) in [7, 11) is 0. The molecular formula is C67H118O6. The van der Waals surface area contributed by atoms with Gasteiger partial charge in [-0.15, -0.1) is 0 Å². The zero-order valence-corrected chi connectivity index (χ0v) is 48.4. The van der Waals surface area contributed by atoms with E-state index in [0.29, 0.717) is 19.3 Å². The third-order valence-corrected chi connectivity index (χ3v) is 13.7. The number of unbranched alkanes of at least 4 members (excludes halogenated alkanes) is 34. The number of hydrogen-bond acceptors (Lipinski definition) is 6. The molecule has 0 aliphatic carbocycles. The first-order valence-electron chi connectivity index (χ1n) is 31.4. The van der Waals surface area contributed by atoms with Crippen molar-refractivity contribution >= 4 is 17.9 Å². The van der Waals surface area contributed by atoms with E-state index < -0.39 is 6.10 Å². The molecule has 0 aliphatic rings. The third kappa shape index (κ3) is 59.6. The van der Waals surface area contributed by atoms with Gasteiger partial charge < -0.3 is 14.2 Å². The molecule has 0 aromatic rings. The van der Waals surface area contributed by atoms with Crippen LogP contribution in [0.15, 0.2) is 72.9 Å². The number of allylic oxidation sites excluding steroid dienone is 12. The van der Waals surface area contributed by atoms with Gasteiger partial charge in [0, 0.05) is 19.3 Å². The Morgan fingerprint density at radius 2 is 0.507 bits per heavy atom. The Morgan fingerprint density at radius 1 is 0.274 bits per heavy atom. The van der Waals surface area contributed by atoms with Crippen molar-refractivity contribution in [3.05, 3.63) is 72.9 Å². The maximum Gasteiger partial charge on any atom is 0.306 e. The first-order chi connectivity index (χ1) is 36.0. The largest absolute Gasteiger partial charge is 0.462 e. The quantitative estimate of drug-likeness (QED) is 0.0261. The van der Waals surface area contributed by atoms with Gasteiger partial charge in [-0.1, -0.05) is 261 Å². The van der Waals surface area contributed by atoms with Crippen LogP contribution in [0.5, 0.6) is 0 Å². The van der Waals surface area contributed by atoms with Crippen molar-refractivity contribution in [2.45, 2.75) is 322 Å². The summed E-state index contributed by atoms with van der Waals surface area (Å²) in [6.45, 7) is 6.58. The maximum absolute atomic E-state index is 12.9. The molecule has 1 unspecified atom stereocenters. The number of carbonyl (C=O) groups excluding carboxylic acids is 3. The smallest absolute Gasteiger partial charge is 0.306 e. The average Bonchev–Trinajstić information content (AvgIpc) is 3.39. The monoisotopic (exact) mass is 1020 g/mol. The molecule has 0 aromatic heterocycles. The van der Waals surface area contributed by atoms with Crippen LogP contribution in [-0.4, -0.2) is 37.2 Å². The Kier molecular flexibility index (Phi) is 58.7. The molecular weight excluding hydrogens is 901 g/mol. The molecule has 0 aliphatic heterocycles. The highest BCUT2D eigenvalue weighted by Gasteiger charge is 2.19. The van der Waals surface area contributed by atoms with Gasteiger partial charge in [0.1, 0.15) is 13.2 Å². The second-order valence-corrected chi connectivity index (χ2v) is 21.0. The molecule has 0 rings (SSSR count). The van der Waals surface area contributed by atoms with Gasteiger partial charge >= 0.3 is 17.9 Å². The predicted octanol–water partition coefficient (Wildman–Crippen LogP) is 21.3. The van der Waals surface area contributed by atoms with Gasteiger partial charge in [-0.05, 0) is 109 Å². The van der Waals surface area contributed by atoms with Crippen molar-refractivity contribution in [1.29, 1.82) is 0 Å². The van der Waals surface area contributed by atoms with Crippen molar-refractivity contribution < 1.29 is 28.6 Å². The molecule has 1 atom stereocenters. The van der Waals surface area contributed by atoms with Gasteiger partial charge in [-0.2, -0.15) is 0 Å². The van der Waals surface area contributed by atoms with Crippen molar-refractivity contribution in [3.63, 3.8) is 0 Å². The normalized spacial score (nSPS) is 12.5.